The van der Waals surface area contributed by atoms with E-state index < -0.39 is 0 Å². The van der Waals surface area contributed by atoms with E-state index in [0.29, 0.717) is 6.04 Å². The lowest BCUT2D eigenvalue weighted by Gasteiger charge is -2.21. The minimum atomic E-state index is -0.326. The second-order valence-electron chi connectivity index (χ2n) is 4.44. The maximum atomic E-state index is 12.9. The summed E-state index contributed by atoms with van der Waals surface area (Å²) in [6, 6.07) is 7.21. The van der Waals surface area contributed by atoms with Crippen LogP contribution in [0.2, 0.25) is 0 Å². The summed E-state index contributed by atoms with van der Waals surface area (Å²) in [7, 11) is 0. The van der Waals surface area contributed by atoms with Gasteiger partial charge in [0.2, 0.25) is 0 Å². The summed E-state index contributed by atoms with van der Waals surface area (Å²) in [6.07, 6.45) is 4.76. The van der Waals surface area contributed by atoms with Crippen molar-refractivity contribution in [2.45, 2.75) is 25.9 Å². The van der Waals surface area contributed by atoms with Crippen LogP contribution in [0.3, 0.4) is 0 Å². The molecule has 0 spiro atoms. The number of hydrogen-bond donors (Lipinski definition) is 1. The van der Waals surface area contributed by atoms with Crippen molar-refractivity contribution in [3.8, 4) is 0 Å². The van der Waals surface area contributed by atoms with Crippen molar-refractivity contribution in [3.63, 3.8) is 0 Å². The van der Waals surface area contributed by atoms with Gasteiger partial charge in [0.1, 0.15) is 5.82 Å². The molecule has 0 aliphatic carbocycles. The van der Waals surface area contributed by atoms with Crippen LogP contribution >= 0.6 is 0 Å². The smallest absolute Gasteiger partial charge is 0.141 e. The van der Waals surface area contributed by atoms with E-state index >= 15 is 0 Å². The molecular weight excluding hydrogens is 229 g/mol. The second kappa shape index (κ2) is 5.69. The maximum Gasteiger partial charge on any atom is 0.141 e. The van der Waals surface area contributed by atoms with Gasteiger partial charge in [-0.25, -0.2) is 4.39 Å². The van der Waals surface area contributed by atoms with Gasteiger partial charge >= 0.3 is 0 Å². The van der Waals surface area contributed by atoms with Gasteiger partial charge in [-0.2, -0.15) is 0 Å². The number of nitrogens with zero attached hydrogens (tertiary/aromatic N) is 2. The normalized spacial score (nSPS) is 12.7. The Hall–Kier alpha value is -1.81. The molecule has 2 aromatic heterocycles. The van der Waals surface area contributed by atoms with Gasteiger partial charge in [0, 0.05) is 18.4 Å². The molecule has 0 bridgehead atoms. The molecule has 0 aliphatic heterocycles. The molecule has 0 aromatic carbocycles. The van der Waals surface area contributed by atoms with E-state index in [1.54, 1.807) is 18.5 Å². The molecule has 0 radical (unpaired) electrons. The average molecular weight is 245 g/mol. The molecule has 0 saturated heterocycles. The van der Waals surface area contributed by atoms with Crippen LogP contribution in [0.5, 0.6) is 0 Å². The lowest BCUT2D eigenvalue weighted by atomic mass is 10.0. The van der Waals surface area contributed by atoms with Gasteiger partial charge in [-0.05, 0) is 37.6 Å². The number of aromatic nitrogens is 2. The first kappa shape index (κ1) is 12.6. The molecule has 4 heteroatoms. The molecule has 1 N–H and O–H groups in total. The summed E-state index contributed by atoms with van der Waals surface area (Å²) < 4.78 is 12.9. The predicted octanol–water partition coefficient (Wildman–Crippen LogP) is 2.70. The van der Waals surface area contributed by atoms with Crippen molar-refractivity contribution < 1.29 is 4.39 Å². The fourth-order valence-corrected chi connectivity index (χ4v) is 1.79. The second-order valence-corrected chi connectivity index (χ2v) is 4.44. The Kier molecular flexibility index (Phi) is 3.99. The fourth-order valence-electron chi connectivity index (χ4n) is 1.79. The predicted molar refractivity (Wildman–Crippen MR) is 68.5 cm³/mol. The molecule has 18 heavy (non-hydrogen) atoms. The summed E-state index contributed by atoms with van der Waals surface area (Å²) in [5.41, 5.74) is 1.81. The zero-order chi connectivity index (χ0) is 13.0. The molecule has 0 fully saturated rings. The van der Waals surface area contributed by atoms with Gasteiger partial charge in [0.25, 0.3) is 0 Å². The monoisotopic (exact) mass is 245 g/mol. The third-order valence-corrected chi connectivity index (χ3v) is 2.56. The number of hydrogen-bond acceptors (Lipinski definition) is 3. The summed E-state index contributed by atoms with van der Waals surface area (Å²) in [4.78, 5) is 8.26. The van der Waals surface area contributed by atoms with E-state index in [1.165, 1.54) is 12.3 Å². The SMILES string of the molecule is CC(C)NC(c1cccnc1)c1ccc(F)cn1. The molecule has 0 amide bonds. The molecule has 0 saturated carbocycles. The van der Waals surface area contributed by atoms with Crippen LogP contribution in [0.25, 0.3) is 0 Å². The first-order chi connectivity index (χ1) is 8.66. The Morgan fingerprint density at radius 3 is 2.56 bits per heavy atom. The first-order valence-electron chi connectivity index (χ1n) is 5.94. The number of rotatable bonds is 4. The lowest BCUT2D eigenvalue weighted by molar-refractivity contribution is 0.516. The highest BCUT2D eigenvalue weighted by molar-refractivity contribution is 5.25. The number of halogens is 1. The zero-order valence-electron chi connectivity index (χ0n) is 10.5. The van der Waals surface area contributed by atoms with Gasteiger partial charge in [0.15, 0.2) is 0 Å². The molecule has 2 heterocycles. The van der Waals surface area contributed by atoms with E-state index in [9.17, 15) is 4.39 Å². The van der Waals surface area contributed by atoms with Crippen molar-refractivity contribution in [1.29, 1.82) is 0 Å². The van der Waals surface area contributed by atoms with E-state index in [4.69, 9.17) is 0 Å². The molecule has 3 nitrogen and oxygen atoms in total. The van der Waals surface area contributed by atoms with Gasteiger partial charge in [-0.15, -0.1) is 0 Å². The third-order valence-electron chi connectivity index (χ3n) is 2.56. The highest BCUT2D eigenvalue weighted by Gasteiger charge is 2.16. The molecule has 2 aromatic rings. The van der Waals surface area contributed by atoms with Crippen LogP contribution < -0.4 is 5.32 Å². The standard InChI is InChI=1S/C14H16FN3/c1-10(2)18-14(11-4-3-7-16-8-11)13-6-5-12(15)9-17-13/h3-10,14,18H,1-2H3. The van der Waals surface area contributed by atoms with E-state index in [-0.39, 0.29) is 11.9 Å². The summed E-state index contributed by atoms with van der Waals surface area (Å²) in [5, 5.41) is 3.41. The summed E-state index contributed by atoms with van der Waals surface area (Å²) in [6.45, 7) is 4.12. The Bertz CT molecular complexity index is 482. The minimum Gasteiger partial charge on any atom is -0.303 e. The van der Waals surface area contributed by atoms with E-state index in [1.807, 2.05) is 12.1 Å². The van der Waals surface area contributed by atoms with Gasteiger partial charge in [0.05, 0.1) is 17.9 Å². The minimum absolute atomic E-state index is 0.0701. The number of nitrogens with one attached hydrogen (secondary N) is 1. The van der Waals surface area contributed by atoms with Crippen LogP contribution in [-0.2, 0) is 0 Å². The Balaban J connectivity index is 2.33. The van der Waals surface area contributed by atoms with Crippen LogP contribution in [0.4, 0.5) is 4.39 Å². The van der Waals surface area contributed by atoms with Crippen molar-refractivity contribution in [2.24, 2.45) is 0 Å². The molecule has 1 atom stereocenters. The first-order valence-corrected chi connectivity index (χ1v) is 5.94. The average Bonchev–Trinajstić information content (AvgIpc) is 2.38. The molecule has 1 unspecified atom stereocenters. The van der Waals surface area contributed by atoms with Crippen molar-refractivity contribution in [1.82, 2.24) is 15.3 Å². The van der Waals surface area contributed by atoms with Crippen LogP contribution in [0.15, 0.2) is 42.9 Å². The van der Waals surface area contributed by atoms with Crippen molar-refractivity contribution >= 4 is 0 Å². The summed E-state index contributed by atoms with van der Waals surface area (Å²) in [5.74, 6) is -0.326. The van der Waals surface area contributed by atoms with Crippen LogP contribution in [0.1, 0.15) is 31.1 Å². The topological polar surface area (TPSA) is 37.8 Å². The quantitative estimate of drug-likeness (QED) is 0.900. The van der Waals surface area contributed by atoms with Gasteiger partial charge < -0.3 is 5.32 Å². The maximum absolute atomic E-state index is 12.9. The molecule has 0 aliphatic rings. The largest absolute Gasteiger partial charge is 0.303 e. The van der Waals surface area contributed by atoms with Gasteiger partial charge in [-0.3, -0.25) is 9.97 Å². The third kappa shape index (κ3) is 3.11. The van der Waals surface area contributed by atoms with Crippen LogP contribution in [0, 0.1) is 5.82 Å². The summed E-state index contributed by atoms with van der Waals surface area (Å²) >= 11 is 0. The molecule has 94 valence electrons. The van der Waals surface area contributed by atoms with E-state index in [0.717, 1.165) is 11.3 Å². The highest BCUT2D eigenvalue weighted by Crippen LogP contribution is 2.20. The Labute approximate surface area is 106 Å². The van der Waals surface area contributed by atoms with E-state index in [2.05, 4.69) is 29.1 Å². The molecular formula is C14H16FN3. The molecule has 2 rings (SSSR count). The highest BCUT2D eigenvalue weighted by atomic mass is 19.1. The van der Waals surface area contributed by atoms with Crippen molar-refractivity contribution in [2.75, 3.05) is 0 Å². The zero-order valence-corrected chi connectivity index (χ0v) is 10.5. The Morgan fingerprint density at radius 2 is 2.00 bits per heavy atom. The fraction of sp³-hybridized carbons (Fsp3) is 0.286. The van der Waals surface area contributed by atoms with Crippen LogP contribution in [-0.4, -0.2) is 16.0 Å². The van der Waals surface area contributed by atoms with Crippen molar-refractivity contribution in [3.05, 3.63) is 59.9 Å². The number of pyridine rings is 2. The lowest BCUT2D eigenvalue weighted by Crippen LogP contribution is -2.29. The van der Waals surface area contributed by atoms with Gasteiger partial charge in [-0.1, -0.05) is 6.07 Å². The Morgan fingerprint density at radius 1 is 1.17 bits per heavy atom.